The van der Waals surface area contributed by atoms with Crippen molar-refractivity contribution in [3.05, 3.63) is 90.7 Å². The van der Waals surface area contributed by atoms with Gasteiger partial charge in [-0.3, -0.25) is 4.90 Å². The van der Waals surface area contributed by atoms with Gasteiger partial charge < -0.3 is 4.90 Å². The number of hydrogen-bond donors (Lipinski definition) is 0. The number of sulfonamides is 1. The Bertz CT molecular complexity index is 1090. The maximum absolute atomic E-state index is 13.4. The molecule has 0 aliphatic carbocycles. The van der Waals surface area contributed by atoms with Crippen LogP contribution in [-0.4, -0.2) is 49.8 Å². The predicted octanol–water partition coefficient (Wildman–Crippen LogP) is 4.09. The molecule has 3 aromatic rings. The summed E-state index contributed by atoms with van der Waals surface area (Å²) < 4.78 is 40.2. The molecule has 0 saturated carbocycles. The Morgan fingerprint density at radius 1 is 0.742 bits per heavy atom. The van der Waals surface area contributed by atoms with E-state index in [0.717, 1.165) is 23.5 Å². The molecule has 0 aromatic heterocycles. The van der Waals surface area contributed by atoms with Crippen LogP contribution in [0.1, 0.15) is 0 Å². The fourth-order valence-electron chi connectivity index (χ4n) is 3.54. The van der Waals surface area contributed by atoms with E-state index in [2.05, 4.69) is 0 Å². The van der Waals surface area contributed by atoms with Gasteiger partial charge in [-0.15, -0.1) is 0 Å². The van der Waals surface area contributed by atoms with E-state index in [4.69, 9.17) is 0 Å². The fourth-order valence-corrected chi connectivity index (χ4v) is 4.96. The maximum Gasteiger partial charge on any atom is 0.329 e. The smallest absolute Gasteiger partial charge is 0.321 e. The number of urea groups is 1. The predicted molar refractivity (Wildman–Crippen MR) is 117 cm³/mol. The molecule has 160 valence electrons. The largest absolute Gasteiger partial charge is 0.329 e. The SMILES string of the molecule is O=C(N1CCN(S(=O)(=O)c2ccc(F)cc2)CC1)N(c1ccccc1)c1ccccc1. The summed E-state index contributed by atoms with van der Waals surface area (Å²) in [4.78, 5) is 16.7. The highest BCUT2D eigenvalue weighted by atomic mass is 32.2. The summed E-state index contributed by atoms with van der Waals surface area (Å²) in [5.74, 6) is -0.490. The number of carbonyl (C=O) groups excluding carboxylic acids is 1. The highest BCUT2D eigenvalue weighted by Gasteiger charge is 2.32. The van der Waals surface area contributed by atoms with Crippen molar-refractivity contribution >= 4 is 27.4 Å². The Morgan fingerprint density at radius 2 is 1.23 bits per heavy atom. The van der Waals surface area contributed by atoms with Crippen molar-refractivity contribution in [1.29, 1.82) is 0 Å². The van der Waals surface area contributed by atoms with E-state index in [1.165, 1.54) is 16.4 Å². The van der Waals surface area contributed by atoms with E-state index in [9.17, 15) is 17.6 Å². The van der Waals surface area contributed by atoms with E-state index < -0.39 is 15.8 Å². The van der Waals surface area contributed by atoms with E-state index >= 15 is 0 Å². The summed E-state index contributed by atoms with van der Waals surface area (Å²) in [6, 6.07) is 23.2. The van der Waals surface area contributed by atoms with Gasteiger partial charge in [-0.2, -0.15) is 4.31 Å². The summed E-state index contributed by atoms with van der Waals surface area (Å²) in [6.45, 7) is 0.858. The van der Waals surface area contributed by atoms with Crippen molar-refractivity contribution in [3.8, 4) is 0 Å². The molecule has 1 fully saturated rings. The van der Waals surface area contributed by atoms with Crippen LogP contribution in [-0.2, 0) is 10.0 Å². The van der Waals surface area contributed by atoms with Gasteiger partial charge in [-0.25, -0.2) is 17.6 Å². The van der Waals surface area contributed by atoms with Gasteiger partial charge in [0, 0.05) is 26.2 Å². The topological polar surface area (TPSA) is 60.9 Å². The number of para-hydroxylation sites is 2. The van der Waals surface area contributed by atoms with Gasteiger partial charge in [0.05, 0.1) is 16.3 Å². The number of carbonyl (C=O) groups is 1. The van der Waals surface area contributed by atoms with Crippen molar-refractivity contribution < 1.29 is 17.6 Å². The van der Waals surface area contributed by atoms with E-state index in [0.29, 0.717) is 0 Å². The number of amides is 2. The van der Waals surface area contributed by atoms with E-state index in [1.807, 2.05) is 60.7 Å². The Labute approximate surface area is 181 Å². The Morgan fingerprint density at radius 3 is 1.71 bits per heavy atom. The quantitative estimate of drug-likeness (QED) is 0.615. The highest BCUT2D eigenvalue weighted by Crippen LogP contribution is 2.27. The second-order valence-corrected chi connectivity index (χ2v) is 9.07. The first-order valence-corrected chi connectivity index (χ1v) is 11.4. The van der Waals surface area contributed by atoms with Gasteiger partial charge in [-0.05, 0) is 48.5 Å². The molecule has 0 N–H and O–H groups in total. The molecule has 8 heteroatoms. The maximum atomic E-state index is 13.4. The molecular formula is C23H22FN3O3S. The molecule has 31 heavy (non-hydrogen) atoms. The van der Waals surface area contributed by atoms with E-state index in [-0.39, 0.29) is 37.1 Å². The zero-order valence-electron chi connectivity index (χ0n) is 16.8. The lowest BCUT2D eigenvalue weighted by molar-refractivity contribution is 0.180. The molecule has 0 bridgehead atoms. The minimum Gasteiger partial charge on any atom is -0.321 e. The van der Waals surface area contributed by atoms with Crippen LogP contribution in [0.25, 0.3) is 0 Å². The summed E-state index contributed by atoms with van der Waals surface area (Å²) in [7, 11) is -3.74. The van der Waals surface area contributed by atoms with Crippen LogP contribution < -0.4 is 4.90 Å². The Hall–Kier alpha value is -3.23. The lowest BCUT2D eigenvalue weighted by atomic mass is 10.2. The second kappa shape index (κ2) is 8.87. The van der Waals surface area contributed by atoms with Crippen molar-refractivity contribution in [2.24, 2.45) is 0 Å². The Kier molecular flexibility index (Phi) is 6.01. The normalized spacial score (nSPS) is 14.9. The molecule has 3 aromatic carbocycles. The van der Waals surface area contributed by atoms with Crippen molar-refractivity contribution in [2.75, 3.05) is 31.1 Å². The summed E-state index contributed by atoms with van der Waals surface area (Å²) >= 11 is 0. The summed E-state index contributed by atoms with van der Waals surface area (Å²) in [6.07, 6.45) is 0. The molecule has 0 radical (unpaired) electrons. The monoisotopic (exact) mass is 439 g/mol. The molecule has 6 nitrogen and oxygen atoms in total. The molecule has 0 spiro atoms. The molecule has 1 heterocycles. The third kappa shape index (κ3) is 4.45. The molecule has 4 rings (SSSR count). The van der Waals surface area contributed by atoms with E-state index in [1.54, 1.807) is 9.80 Å². The number of anilines is 2. The van der Waals surface area contributed by atoms with Crippen molar-refractivity contribution in [2.45, 2.75) is 4.90 Å². The molecule has 1 aliphatic heterocycles. The number of rotatable bonds is 4. The van der Waals surface area contributed by atoms with Gasteiger partial charge in [0.2, 0.25) is 10.0 Å². The number of benzene rings is 3. The third-order valence-corrected chi connectivity index (χ3v) is 7.09. The third-order valence-electron chi connectivity index (χ3n) is 5.18. The minimum absolute atomic E-state index is 0.0453. The van der Waals surface area contributed by atoms with Crippen LogP contribution in [0.3, 0.4) is 0 Å². The van der Waals surface area contributed by atoms with Gasteiger partial charge in [0.25, 0.3) is 0 Å². The molecule has 0 unspecified atom stereocenters. The van der Waals surface area contributed by atoms with Crippen LogP contribution in [0.15, 0.2) is 89.8 Å². The van der Waals surface area contributed by atoms with Gasteiger partial charge in [0.1, 0.15) is 5.82 Å². The number of hydrogen-bond acceptors (Lipinski definition) is 3. The lowest BCUT2D eigenvalue weighted by Gasteiger charge is -2.37. The van der Waals surface area contributed by atoms with Crippen LogP contribution in [0.2, 0.25) is 0 Å². The molecule has 0 atom stereocenters. The standard InChI is InChI=1S/C23H22FN3O3S/c24-19-11-13-22(14-12-19)31(29,30)26-17-15-25(16-18-26)23(28)27(20-7-3-1-4-8-20)21-9-5-2-6-10-21/h1-14H,15-18H2. The first kappa shape index (κ1) is 21.0. The molecule has 1 saturated heterocycles. The van der Waals surface area contributed by atoms with Crippen molar-refractivity contribution in [3.63, 3.8) is 0 Å². The number of nitrogens with zero attached hydrogens (tertiary/aromatic N) is 3. The molecular weight excluding hydrogens is 417 g/mol. The highest BCUT2D eigenvalue weighted by molar-refractivity contribution is 7.89. The minimum atomic E-state index is -3.74. The molecule has 2 amide bonds. The number of piperazine rings is 1. The van der Waals surface area contributed by atoms with Crippen molar-refractivity contribution in [1.82, 2.24) is 9.21 Å². The first-order valence-electron chi connectivity index (χ1n) is 9.92. The molecule has 1 aliphatic rings. The summed E-state index contributed by atoms with van der Waals surface area (Å²) in [5.41, 5.74) is 1.47. The first-order chi connectivity index (χ1) is 15.0. The van der Waals surface area contributed by atoms with Gasteiger partial charge in [0.15, 0.2) is 0 Å². The zero-order valence-corrected chi connectivity index (χ0v) is 17.6. The van der Waals surface area contributed by atoms with Crippen LogP contribution in [0.4, 0.5) is 20.6 Å². The zero-order chi connectivity index (χ0) is 21.8. The Balaban J connectivity index is 1.52. The average Bonchev–Trinajstić information content (AvgIpc) is 2.81. The average molecular weight is 440 g/mol. The van der Waals surface area contributed by atoms with Crippen LogP contribution in [0.5, 0.6) is 0 Å². The van der Waals surface area contributed by atoms with Crippen LogP contribution >= 0.6 is 0 Å². The van der Waals surface area contributed by atoms with Gasteiger partial charge in [-0.1, -0.05) is 36.4 Å². The lowest BCUT2D eigenvalue weighted by Crippen LogP contribution is -2.53. The van der Waals surface area contributed by atoms with Crippen LogP contribution in [0, 0.1) is 5.82 Å². The second-order valence-electron chi connectivity index (χ2n) is 7.13. The van der Waals surface area contributed by atoms with Gasteiger partial charge >= 0.3 is 6.03 Å². The number of halogens is 1. The fraction of sp³-hybridized carbons (Fsp3) is 0.174. The summed E-state index contributed by atoms with van der Waals surface area (Å²) in [5, 5.41) is 0.